The van der Waals surface area contributed by atoms with Crippen LogP contribution in [0.4, 0.5) is 4.39 Å². The van der Waals surface area contributed by atoms with Gasteiger partial charge in [0.1, 0.15) is 11.4 Å². The van der Waals surface area contributed by atoms with Gasteiger partial charge in [-0.15, -0.1) is 6.42 Å². The molecule has 0 radical (unpaired) electrons. The summed E-state index contributed by atoms with van der Waals surface area (Å²) in [5.41, 5.74) is 1.38. The lowest BCUT2D eigenvalue weighted by molar-refractivity contribution is 0.0528. The minimum absolute atomic E-state index is 0.183. The van der Waals surface area contributed by atoms with E-state index in [0.717, 1.165) is 5.56 Å². The van der Waals surface area contributed by atoms with Gasteiger partial charge in [0.05, 0.1) is 18.8 Å². The summed E-state index contributed by atoms with van der Waals surface area (Å²) in [6.45, 7) is 2.99. The predicted molar refractivity (Wildman–Crippen MR) is 101 cm³/mol. The third-order valence-electron chi connectivity index (χ3n) is 4.07. The summed E-state index contributed by atoms with van der Waals surface area (Å²) in [5, 5.41) is 2.71. The van der Waals surface area contributed by atoms with Gasteiger partial charge in [-0.05, 0) is 24.6 Å². The molecule has 0 saturated heterocycles. The van der Waals surface area contributed by atoms with Crippen LogP contribution in [0.15, 0.2) is 41.3 Å². The molecule has 28 heavy (non-hydrogen) atoms. The van der Waals surface area contributed by atoms with Crippen molar-refractivity contribution in [2.75, 3.05) is 13.2 Å². The molecule has 0 amide bonds. The number of nitrogens with zero attached hydrogens (tertiary/aromatic N) is 3. The molecule has 8 heteroatoms. The molecule has 0 bridgehead atoms. The summed E-state index contributed by atoms with van der Waals surface area (Å²) < 4.78 is 19.3. The quantitative estimate of drug-likeness (QED) is 0.499. The zero-order chi connectivity index (χ0) is 20.1. The molecular formula is C20H19FN4O3. The summed E-state index contributed by atoms with van der Waals surface area (Å²) in [6.07, 6.45) is 6.85. The summed E-state index contributed by atoms with van der Waals surface area (Å²) in [4.78, 5) is 30.8. The molecule has 3 rings (SSSR count). The molecule has 7 nitrogen and oxygen atoms in total. The molecule has 0 spiro atoms. The van der Waals surface area contributed by atoms with Gasteiger partial charge in [-0.1, -0.05) is 18.1 Å². The van der Waals surface area contributed by atoms with E-state index in [9.17, 15) is 14.0 Å². The van der Waals surface area contributed by atoms with Gasteiger partial charge in [0.25, 0.3) is 5.56 Å². The highest BCUT2D eigenvalue weighted by atomic mass is 19.1. The SMILES string of the molecule is C#CCN(Cc1ccc(F)cc1)Cc1cc(=O)n2[nH]cc(C(=O)OCC)c2n1. The van der Waals surface area contributed by atoms with Gasteiger partial charge < -0.3 is 4.74 Å². The largest absolute Gasteiger partial charge is 0.462 e. The smallest absolute Gasteiger partial charge is 0.343 e. The lowest BCUT2D eigenvalue weighted by atomic mass is 10.2. The van der Waals surface area contributed by atoms with Crippen LogP contribution < -0.4 is 5.56 Å². The highest BCUT2D eigenvalue weighted by molar-refractivity contribution is 5.95. The van der Waals surface area contributed by atoms with Crippen molar-refractivity contribution in [2.45, 2.75) is 20.0 Å². The van der Waals surface area contributed by atoms with Crippen molar-refractivity contribution < 1.29 is 13.9 Å². The Kier molecular flexibility index (Phi) is 5.87. The van der Waals surface area contributed by atoms with E-state index in [-0.39, 0.29) is 29.2 Å². The number of carbonyl (C=O) groups is 1. The first-order valence-corrected chi connectivity index (χ1v) is 8.69. The maximum atomic E-state index is 13.1. The minimum atomic E-state index is -0.558. The summed E-state index contributed by atoms with van der Waals surface area (Å²) in [6, 6.07) is 7.49. The van der Waals surface area contributed by atoms with Gasteiger partial charge in [-0.3, -0.25) is 14.8 Å². The maximum absolute atomic E-state index is 13.1. The van der Waals surface area contributed by atoms with Gasteiger partial charge in [-0.2, -0.15) is 0 Å². The number of hydrogen-bond donors (Lipinski definition) is 1. The van der Waals surface area contributed by atoms with E-state index in [0.29, 0.717) is 25.3 Å². The molecule has 1 aromatic carbocycles. The van der Waals surface area contributed by atoms with Gasteiger partial charge in [0.15, 0.2) is 5.65 Å². The zero-order valence-electron chi connectivity index (χ0n) is 15.3. The van der Waals surface area contributed by atoms with Crippen molar-refractivity contribution in [3.63, 3.8) is 0 Å². The molecule has 0 unspecified atom stereocenters. The number of nitrogens with one attached hydrogen (secondary N) is 1. The van der Waals surface area contributed by atoms with Crippen molar-refractivity contribution in [2.24, 2.45) is 0 Å². The number of aromatic amines is 1. The number of fused-ring (bicyclic) bond motifs is 1. The van der Waals surface area contributed by atoms with Crippen LogP contribution in [0.2, 0.25) is 0 Å². The first-order valence-electron chi connectivity index (χ1n) is 8.69. The number of carbonyl (C=O) groups excluding carboxylic acids is 1. The Hall–Kier alpha value is -3.44. The van der Waals surface area contributed by atoms with Crippen LogP contribution in [-0.4, -0.2) is 38.6 Å². The van der Waals surface area contributed by atoms with Crippen LogP contribution in [0, 0.1) is 18.2 Å². The second-order valence-electron chi connectivity index (χ2n) is 6.13. The van der Waals surface area contributed by atoms with Crippen molar-refractivity contribution >= 4 is 11.6 Å². The number of aromatic nitrogens is 3. The normalized spacial score (nSPS) is 10.9. The van der Waals surface area contributed by atoms with E-state index in [4.69, 9.17) is 11.2 Å². The fourth-order valence-electron chi connectivity index (χ4n) is 2.84. The maximum Gasteiger partial charge on any atom is 0.343 e. The Morgan fingerprint density at radius 2 is 2.11 bits per heavy atom. The Balaban J connectivity index is 1.89. The fourth-order valence-corrected chi connectivity index (χ4v) is 2.84. The zero-order valence-corrected chi connectivity index (χ0v) is 15.3. The Morgan fingerprint density at radius 1 is 1.36 bits per heavy atom. The van der Waals surface area contributed by atoms with Crippen molar-refractivity contribution in [1.29, 1.82) is 0 Å². The van der Waals surface area contributed by atoms with Crippen LogP contribution in [0.3, 0.4) is 0 Å². The average molecular weight is 382 g/mol. The molecule has 0 aliphatic heterocycles. The van der Waals surface area contributed by atoms with Crippen LogP contribution in [0.25, 0.3) is 5.65 Å². The molecule has 0 saturated carbocycles. The molecule has 0 atom stereocenters. The van der Waals surface area contributed by atoms with Gasteiger partial charge in [0, 0.05) is 25.4 Å². The molecule has 0 aliphatic carbocycles. The number of ether oxygens (including phenoxy) is 1. The Labute approximate surface area is 160 Å². The van der Waals surface area contributed by atoms with Gasteiger partial charge >= 0.3 is 5.97 Å². The number of benzene rings is 1. The van der Waals surface area contributed by atoms with E-state index < -0.39 is 5.97 Å². The highest BCUT2D eigenvalue weighted by Gasteiger charge is 2.17. The number of H-pyrrole nitrogens is 1. The minimum Gasteiger partial charge on any atom is -0.462 e. The Morgan fingerprint density at radius 3 is 2.79 bits per heavy atom. The molecule has 2 aromatic heterocycles. The molecule has 0 aliphatic rings. The highest BCUT2D eigenvalue weighted by Crippen LogP contribution is 2.12. The summed E-state index contributed by atoms with van der Waals surface area (Å²) in [5.74, 6) is 1.70. The first kappa shape index (κ1) is 19.3. The molecule has 1 N–H and O–H groups in total. The van der Waals surface area contributed by atoms with Crippen molar-refractivity contribution in [3.8, 4) is 12.3 Å². The predicted octanol–water partition coefficient (Wildman–Crippen LogP) is 1.97. The summed E-state index contributed by atoms with van der Waals surface area (Å²) in [7, 11) is 0. The molecular weight excluding hydrogens is 363 g/mol. The van der Waals surface area contributed by atoms with Crippen LogP contribution in [-0.2, 0) is 17.8 Å². The third kappa shape index (κ3) is 4.27. The molecule has 144 valence electrons. The lowest BCUT2D eigenvalue weighted by Crippen LogP contribution is -2.26. The van der Waals surface area contributed by atoms with E-state index in [1.165, 1.54) is 28.9 Å². The number of esters is 1. The van der Waals surface area contributed by atoms with Crippen molar-refractivity contribution in [3.05, 3.63) is 69.5 Å². The average Bonchev–Trinajstić information content (AvgIpc) is 3.08. The van der Waals surface area contributed by atoms with Gasteiger partial charge in [-0.25, -0.2) is 18.7 Å². The second kappa shape index (κ2) is 8.50. The number of halogens is 1. The number of terminal acetylenes is 1. The van der Waals surface area contributed by atoms with Crippen LogP contribution >= 0.6 is 0 Å². The topological polar surface area (TPSA) is 79.7 Å². The van der Waals surface area contributed by atoms with Gasteiger partial charge in [0.2, 0.25) is 0 Å². The Bertz CT molecular complexity index is 1080. The molecule has 2 heterocycles. The lowest BCUT2D eigenvalue weighted by Gasteiger charge is -2.19. The monoisotopic (exact) mass is 382 g/mol. The second-order valence-corrected chi connectivity index (χ2v) is 6.13. The number of hydrogen-bond acceptors (Lipinski definition) is 5. The third-order valence-corrected chi connectivity index (χ3v) is 4.07. The van der Waals surface area contributed by atoms with E-state index >= 15 is 0 Å². The van der Waals surface area contributed by atoms with E-state index in [2.05, 4.69) is 16.0 Å². The number of rotatable bonds is 7. The molecule has 0 fully saturated rings. The van der Waals surface area contributed by atoms with Crippen molar-refractivity contribution in [1.82, 2.24) is 19.5 Å². The fraction of sp³-hybridized carbons (Fsp3) is 0.250. The molecule has 3 aromatic rings. The van der Waals surface area contributed by atoms with Crippen LogP contribution in [0.5, 0.6) is 0 Å². The van der Waals surface area contributed by atoms with Crippen LogP contribution in [0.1, 0.15) is 28.5 Å². The summed E-state index contributed by atoms with van der Waals surface area (Å²) >= 11 is 0. The standard InChI is InChI=1S/C20H19FN4O3/c1-3-9-24(12-14-5-7-15(21)8-6-14)13-16-10-18(26)25-19(23-16)17(11-22-25)20(27)28-4-2/h1,5-8,10-11,22H,4,9,12-13H2,2H3. The first-order chi connectivity index (χ1) is 13.5. The van der Waals surface area contributed by atoms with E-state index in [1.807, 2.05) is 4.90 Å². The van der Waals surface area contributed by atoms with E-state index in [1.54, 1.807) is 19.1 Å².